The van der Waals surface area contributed by atoms with Crippen LogP contribution in [0.3, 0.4) is 0 Å². The number of allylic oxidation sites excluding steroid dienone is 2. The van der Waals surface area contributed by atoms with Gasteiger partial charge in [0, 0.05) is 57.8 Å². The smallest absolute Gasteiger partial charge is 0.209 e. The Bertz CT molecular complexity index is 449. The molecule has 0 atom stereocenters. The van der Waals surface area contributed by atoms with Crippen molar-refractivity contribution in [3.63, 3.8) is 0 Å². The number of nitrogens with zero attached hydrogens (tertiary/aromatic N) is 4. The SMILES string of the molecule is C/C=N/O/C(C)=C/C(=C/CN1CCN(C=O)CC1)NC=NC. The minimum atomic E-state index is 0.687. The first-order valence-corrected chi connectivity index (χ1v) is 7.32. The van der Waals surface area contributed by atoms with Crippen molar-refractivity contribution < 1.29 is 9.63 Å². The molecular weight excluding hydrogens is 282 g/mol. The predicted molar refractivity (Wildman–Crippen MR) is 88.7 cm³/mol. The summed E-state index contributed by atoms with van der Waals surface area (Å²) in [6.07, 6.45) is 8.07. The fourth-order valence-electron chi connectivity index (χ4n) is 1.96. The van der Waals surface area contributed by atoms with Crippen LogP contribution in [-0.2, 0) is 9.63 Å². The molecule has 7 nitrogen and oxygen atoms in total. The largest absolute Gasteiger partial charge is 0.362 e. The highest BCUT2D eigenvalue weighted by Crippen LogP contribution is 2.04. The van der Waals surface area contributed by atoms with E-state index >= 15 is 0 Å². The third kappa shape index (κ3) is 7.03. The zero-order valence-electron chi connectivity index (χ0n) is 13.5. The molecule has 7 heteroatoms. The molecule has 122 valence electrons. The van der Waals surface area contributed by atoms with Crippen molar-refractivity contribution in [2.24, 2.45) is 10.1 Å². The monoisotopic (exact) mass is 307 g/mol. The molecule has 0 aliphatic carbocycles. The highest BCUT2D eigenvalue weighted by atomic mass is 16.6. The van der Waals surface area contributed by atoms with Crippen LogP contribution in [0.25, 0.3) is 0 Å². The van der Waals surface area contributed by atoms with Crippen LogP contribution in [0, 0.1) is 0 Å². The van der Waals surface area contributed by atoms with Crippen molar-refractivity contribution in [1.29, 1.82) is 0 Å². The Hall–Kier alpha value is -2.15. The van der Waals surface area contributed by atoms with Gasteiger partial charge in [-0.05, 0) is 19.9 Å². The van der Waals surface area contributed by atoms with Crippen LogP contribution in [0.4, 0.5) is 0 Å². The van der Waals surface area contributed by atoms with E-state index in [0.29, 0.717) is 5.76 Å². The van der Waals surface area contributed by atoms with Crippen molar-refractivity contribution in [3.8, 4) is 0 Å². The van der Waals surface area contributed by atoms with Crippen LogP contribution in [0.5, 0.6) is 0 Å². The molecule has 1 amide bonds. The molecule has 1 rings (SSSR count). The summed E-state index contributed by atoms with van der Waals surface area (Å²) in [6, 6.07) is 0. The predicted octanol–water partition coefficient (Wildman–Crippen LogP) is 0.818. The Kier molecular flexibility index (Phi) is 8.59. The molecule has 1 N–H and O–H groups in total. The lowest BCUT2D eigenvalue weighted by atomic mass is 10.3. The molecule has 22 heavy (non-hydrogen) atoms. The average molecular weight is 307 g/mol. The first-order chi connectivity index (χ1) is 10.7. The molecule has 1 fully saturated rings. The van der Waals surface area contributed by atoms with Crippen LogP contribution < -0.4 is 5.32 Å². The molecule has 1 aliphatic rings. The Balaban J connectivity index is 2.60. The van der Waals surface area contributed by atoms with E-state index in [4.69, 9.17) is 4.84 Å². The highest BCUT2D eigenvalue weighted by Gasteiger charge is 2.13. The van der Waals surface area contributed by atoms with Crippen molar-refractivity contribution in [2.45, 2.75) is 13.8 Å². The molecule has 0 radical (unpaired) electrons. The van der Waals surface area contributed by atoms with Gasteiger partial charge in [-0.15, -0.1) is 0 Å². The standard InChI is InChI=1S/C15H25N5O2/c1-4-18-22-14(2)11-15(17-12-16-3)5-6-19-7-9-20(13-21)10-8-19/h4-5,11-13H,6-10H2,1-3H3,(H,16,17)/b14-11+,15-5-,18-4+. The molecule has 0 aromatic heterocycles. The summed E-state index contributed by atoms with van der Waals surface area (Å²) in [4.78, 5) is 23.9. The summed E-state index contributed by atoms with van der Waals surface area (Å²) in [7, 11) is 1.71. The minimum Gasteiger partial charge on any atom is -0.362 e. The molecule has 1 aliphatic heterocycles. The number of piperazine rings is 1. The molecule has 0 aromatic carbocycles. The summed E-state index contributed by atoms with van der Waals surface area (Å²) < 4.78 is 0. The van der Waals surface area contributed by atoms with Gasteiger partial charge >= 0.3 is 0 Å². The van der Waals surface area contributed by atoms with E-state index in [1.54, 1.807) is 31.4 Å². The number of rotatable bonds is 8. The van der Waals surface area contributed by atoms with E-state index in [-0.39, 0.29) is 0 Å². The Labute approximate surface area is 132 Å². The summed E-state index contributed by atoms with van der Waals surface area (Å²) >= 11 is 0. The van der Waals surface area contributed by atoms with Crippen LogP contribution in [0.1, 0.15) is 13.8 Å². The second-order valence-electron chi connectivity index (χ2n) is 4.84. The van der Waals surface area contributed by atoms with Gasteiger partial charge in [-0.3, -0.25) is 14.7 Å². The van der Waals surface area contributed by atoms with Gasteiger partial charge in [-0.1, -0.05) is 5.16 Å². The molecule has 0 saturated carbocycles. The Morgan fingerprint density at radius 3 is 2.64 bits per heavy atom. The number of carbonyl (C=O) groups excluding carboxylic acids is 1. The lowest BCUT2D eigenvalue weighted by Crippen LogP contribution is -2.45. The Morgan fingerprint density at radius 1 is 1.32 bits per heavy atom. The molecular formula is C15H25N5O2. The number of aliphatic imine (C=N–C) groups is 1. The second-order valence-corrected chi connectivity index (χ2v) is 4.84. The molecule has 0 spiro atoms. The van der Waals surface area contributed by atoms with Gasteiger partial charge in [0.15, 0.2) is 0 Å². The van der Waals surface area contributed by atoms with Gasteiger partial charge < -0.3 is 15.1 Å². The number of carbonyl (C=O) groups is 1. The van der Waals surface area contributed by atoms with Crippen LogP contribution in [-0.4, -0.2) is 68.5 Å². The van der Waals surface area contributed by atoms with Gasteiger partial charge in [-0.2, -0.15) is 0 Å². The van der Waals surface area contributed by atoms with Crippen molar-refractivity contribution in [3.05, 3.63) is 23.6 Å². The van der Waals surface area contributed by atoms with Gasteiger partial charge in [-0.25, -0.2) is 0 Å². The molecule has 0 aromatic rings. The first kappa shape index (κ1) is 17.9. The number of amides is 1. The van der Waals surface area contributed by atoms with Crippen LogP contribution >= 0.6 is 0 Å². The normalized spacial score (nSPS) is 18.2. The van der Waals surface area contributed by atoms with Crippen molar-refractivity contribution >= 4 is 19.0 Å². The zero-order valence-corrected chi connectivity index (χ0v) is 13.5. The van der Waals surface area contributed by atoms with Gasteiger partial charge in [0.25, 0.3) is 0 Å². The molecule has 0 bridgehead atoms. The Morgan fingerprint density at radius 2 is 2.05 bits per heavy atom. The fourth-order valence-corrected chi connectivity index (χ4v) is 1.96. The van der Waals surface area contributed by atoms with Crippen molar-refractivity contribution in [2.75, 3.05) is 39.8 Å². The van der Waals surface area contributed by atoms with E-state index in [0.717, 1.165) is 44.8 Å². The fraction of sp³-hybridized carbons (Fsp3) is 0.533. The summed E-state index contributed by atoms with van der Waals surface area (Å²) in [5, 5.41) is 6.85. The van der Waals surface area contributed by atoms with E-state index in [1.807, 2.05) is 13.0 Å². The zero-order chi connectivity index (χ0) is 16.2. The average Bonchev–Trinajstić information content (AvgIpc) is 2.55. The van der Waals surface area contributed by atoms with Crippen molar-refractivity contribution in [1.82, 2.24) is 15.1 Å². The topological polar surface area (TPSA) is 69.5 Å². The van der Waals surface area contributed by atoms with Gasteiger partial charge in [0.2, 0.25) is 6.41 Å². The lowest BCUT2D eigenvalue weighted by molar-refractivity contribution is -0.119. The minimum absolute atomic E-state index is 0.687. The number of hydrogen-bond acceptors (Lipinski definition) is 5. The number of oxime groups is 1. The molecule has 1 saturated heterocycles. The van der Waals surface area contributed by atoms with E-state index < -0.39 is 0 Å². The third-order valence-corrected chi connectivity index (χ3v) is 3.15. The maximum Gasteiger partial charge on any atom is 0.209 e. The van der Waals surface area contributed by atoms with E-state index in [2.05, 4.69) is 26.4 Å². The van der Waals surface area contributed by atoms with Crippen LogP contribution in [0.2, 0.25) is 0 Å². The molecule has 1 heterocycles. The second kappa shape index (κ2) is 10.6. The molecule has 0 unspecified atom stereocenters. The summed E-state index contributed by atoms with van der Waals surface area (Å²) in [6.45, 7) is 7.75. The van der Waals surface area contributed by atoms with Gasteiger partial charge in [0.05, 0.1) is 6.34 Å². The quantitative estimate of drug-likeness (QED) is 0.180. The number of hydrogen-bond donors (Lipinski definition) is 1. The lowest BCUT2D eigenvalue weighted by Gasteiger charge is -2.31. The summed E-state index contributed by atoms with van der Waals surface area (Å²) in [5.41, 5.74) is 0.896. The third-order valence-electron chi connectivity index (χ3n) is 3.15. The van der Waals surface area contributed by atoms with Crippen LogP contribution in [0.15, 0.2) is 33.8 Å². The summed E-state index contributed by atoms with van der Waals surface area (Å²) in [5.74, 6) is 0.687. The van der Waals surface area contributed by atoms with E-state index in [9.17, 15) is 4.79 Å². The van der Waals surface area contributed by atoms with Gasteiger partial charge in [0.1, 0.15) is 5.76 Å². The number of nitrogens with one attached hydrogen (secondary N) is 1. The van der Waals surface area contributed by atoms with E-state index in [1.165, 1.54) is 0 Å². The maximum absolute atomic E-state index is 10.7. The maximum atomic E-state index is 10.7. The highest BCUT2D eigenvalue weighted by molar-refractivity contribution is 5.58. The first-order valence-electron chi connectivity index (χ1n) is 7.32.